The lowest BCUT2D eigenvalue weighted by molar-refractivity contribution is 0.156. The largest absolute Gasteiger partial charge is 0.457 e. The van der Waals surface area contributed by atoms with Gasteiger partial charge in [0.15, 0.2) is 0 Å². The molecule has 0 saturated carbocycles. The van der Waals surface area contributed by atoms with Crippen molar-refractivity contribution in [2.75, 3.05) is 38.0 Å². The average molecular weight is 337 g/mol. The third kappa shape index (κ3) is 4.84. The molecule has 2 aromatic carbocycles. The van der Waals surface area contributed by atoms with E-state index in [0.29, 0.717) is 0 Å². The van der Waals surface area contributed by atoms with E-state index in [0.717, 1.165) is 49.9 Å². The smallest absolute Gasteiger partial charge is 0.321 e. The highest BCUT2D eigenvalue weighted by molar-refractivity contribution is 5.89. The number of urea groups is 1. The van der Waals surface area contributed by atoms with Gasteiger partial charge in [0.1, 0.15) is 11.5 Å². The molecule has 0 bridgehead atoms. The number of piperazine rings is 1. The molecule has 2 amide bonds. The maximum Gasteiger partial charge on any atom is 0.321 e. The summed E-state index contributed by atoms with van der Waals surface area (Å²) in [6.45, 7) is 7.85. The topological polar surface area (TPSA) is 44.8 Å². The van der Waals surface area contributed by atoms with Crippen LogP contribution < -0.4 is 10.1 Å². The van der Waals surface area contributed by atoms with Crippen molar-refractivity contribution in [3.05, 3.63) is 67.3 Å². The van der Waals surface area contributed by atoms with E-state index in [9.17, 15) is 4.79 Å². The van der Waals surface area contributed by atoms with E-state index in [2.05, 4.69) is 16.8 Å². The summed E-state index contributed by atoms with van der Waals surface area (Å²) in [4.78, 5) is 16.5. The fourth-order valence-corrected chi connectivity index (χ4v) is 2.75. The highest BCUT2D eigenvalue weighted by Gasteiger charge is 2.20. The normalized spacial score (nSPS) is 14.8. The van der Waals surface area contributed by atoms with Crippen LogP contribution in [0.2, 0.25) is 0 Å². The molecule has 1 aliphatic heterocycles. The lowest BCUT2D eigenvalue weighted by Gasteiger charge is -2.34. The molecule has 25 heavy (non-hydrogen) atoms. The minimum absolute atomic E-state index is 0.0602. The number of carbonyl (C=O) groups excluding carboxylic acids is 1. The van der Waals surface area contributed by atoms with Gasteiger partial charge < -0.3 is 15.0 Å². The van der Waals surface area contributed by atoms with Crippen molar-refractivity contribution in [1.82, 2.24) is 9.80 Å². The minimum atomic E-state index is -0.0602. The SMILES string of the molecule is C=CCN1CCN(C(=O)Nc2ccc(Oc3ccccc3)cc2)CC1. The molecule has 130 valence electrons. The van der Waals surface area contributed by atoms with Gasteiger partial charge in [-0.05, 0) is 36.4 Å². The standard InChI is InChI=1S/C20H23N3O2/c1-2-12-22-13-15-23(16-14-22)20(24)21-17-8-10-19(11-9-17)25-18-6-4-3-5-7-18/h2-11H,1,12-16H2,(H,21,24). The molecule has 0 atom stereocenters. The number of benzene rings is 2. The number of nitrogens with one attached hydrogen (secondary N) is 1. The second-order valence-electron chi connectivity index (χ2n) is 5.95. The van der Waals surface area contributed by atoms with Gasteiger partial charge >= 0.3 is 6.03 Å². The third-order valence-corrected chi connectivity index (χ3v) is 4.13. The van der Waals surface area contributed by atoms with Crippen LogP contribution in [0.25, 0.3) is 0 Å². The van der Waals surface area contributed by atoms with Gasteiger partial charge in [0.25, 0.3) is 0 Å². The number of anilines is 1. The molecule has 0 aliphatic carbocycles. The highest BCUT2D eigenvalue weighted by atomic mass is 16.5. The van der Waals surface area contributed by atoms with Crippen LogP contribution in [0.15, 0.2) is 67.3 Å². The van der Waals surface area contributed by atoms with Crippen molar-refractivity contribution in [3.8, 4) is 11.5 Å². The molecule has 1 heterocycles. The summed E-state index contributed by atoms with van der Waals surface area (Å²) in [6.07, 6.45) is 1.90. The van der Waals surface area contributed by atoms with Crippen LogP contribution in [0.5, 0.6) is 11.5 Å². The van der Waals surface area contributed by atoms with Crippen molar-refractivity contribution in [2.24, 2.45) is 0 Å². The molecule has 2 aromatic rings. The Balaban J connectivity index is 1.51. The molecule has 1 N–H and O–H groups in total. The van der Waals surface area contributed by atoms with Crippen LogP contribution in [-0.4, -0.2) is 48.6 Å². The second kappa shape index (κ2) is 8.35. The average Bonchev–Trinajstić information content (AvgIpc) is 2.65. The molecule has 3 rings (SSSR count). The molecule has 1 fully saturated rings. The van der Waals surface area contributed by atoms with Crippen LogP contribution in [0, 0.1) is 0 Å². The van der Waals surface area contributed by atoms with E-state index >= 15 is 0 Å². The summed E-state index contributed by atoms with van der Waals surface area (Å²) < 4.78 is 5.75. The first-order valence-corrected chi connectivity index (χ1v) is 8.47. The minimum Gasteiger partial charge on any atom is -0.457 e. The number of nitrogens with zero attached hydrogens (tertiary/aromatic N) is 2. The molecule has 5 heteroatoms. The molecule has 0 spiro atoms. The van der Waals surface area contributed by atoms with Gasteiger partial charge in [0, 0.05) is 38.4 Å². The molecule has 0 radical (unpaired) electrons. The quantitative estimate of drug-likeness (QED) is 0.844. The number of rotatable bonds is 5. The van der Waals surface area contributed by atoms with E-state index in [4.69, 9.17) is 4.74 Å². The Morgan fingerprint density at radius 3 is 2.28 bits per heavy atom. The van der Waals surface area contributed by atoms with Gasteiger partial charge in [-0.25, -0.2) is 4.79 Å². The molecule has 0 unspecified atom stereocenters. The monoisotopic (exact) mass is 337 g/mol. The first-order valence-electron chi connectivity index (χ1n) is 8.47. The van der Waals surface area contributed by atoms with Crippen molar-refractivity contribution >= 4 is 11.7 Å². The lowest BCUT2D eigenvalue weighted by Crippen LogP contribution is -2.49. The molecule has 1 saturated heterocycles. The summed E-state index contributed by atoms with van der Waals surface area (Å²) >= 11 is 0. The number of hydrogen-bond acceptors (Lipinski definition) is 3. The summed E-state index contributed by atoms with van der Waals surface area (Å²) in [5, 5.41) is 2.94. The predicted octanol–water partition coefficient (Wildman–Crippen LogP) is 3.81. The van der Waals surface area contributed by atoms with Crippen LogP contribution in [0.4, 0.5) is 10.5 Å². The van der Waals surface area contributed by atoms with Crippen molar-refractivity contribution in [3.63, 3.8) is 0 Å². The Morgan fingerprint density at radius 1 is 1.00 bits per heavy atom. The van der Waals surface area contributed by atoms with E-state index in [1.807, 2.05) is 65.6 Å². The number of carbonyl (C=O) groups is 1. The Labute approximate surface area is 148 Å². The zero-order chi connectivity index (χ0) is 17.5. The number of amides is 2. The van der Waals surface area contributed by atoms with Gasteiger partial charge in [-0.2, -0.15) is 0 Å². The first-order chi connectivity index (χ1) is 12.2. The molecule has 1 aliphatic rings. The highest BCUT2D eigenvalue weighted by Crippen LogP contribution is 2.22. The maximum atomic E-state index is 12.4. The van der Waals surface area contributed by atoms with Crippen LogP contribution in [0.1, 0.15) is 0 Å². The summed E-state index contributed by atoms with van der Waals surface area (Å²) in [6, 6.07) is 17.0. The second-order valence-corrected chi connectivity index (χ2v) is 5.95. The maximum absolute atomic E-state index is 12.4. The molecule has 0 aromatic heterocycles. The van der Waals surface area contributed by atoms with Crippen molar-refractivity contribution in [1.29, 1.82) is 0 Å². The van der Waals surface area contributed by atoms with Gasteiger partial charge in [-0.1, -0.05) is 24.3 Å². The van der Waals surface area contributed by atoms with Crippen LogP contribution in [-0.2, 0) is 0 Å². The first kappa shape index (κ1) is 17.0. The lowest BCUT2D eigenvalue weighted by atomic mass is 10.3. The summed E-state index contributed by atoms with van der Waals surface area (Å²) in [7, 11) is 0. The zero-order valence-electron chi connectivity index (χ0n) is 14.2. The summed E-state index contributed by atoms with van der Waals surface area (Å²) in [5.41, 5.74) is 0.763. The van der Waals surface area contributed by atoms with E-state index in [-0.39, 0.29) is 6.03 Å². The Kier molecular flexibility index (Phi) is 5.69. The molecule has 5 nitrogen and oxygen atoms in total. The number of hydrogen-bond donors (Lipinski definition) is 1. The molecular formula is C20H23N3O2. The van der Waals surface area contributed by atoms with E-state index in [1.165, 1.54) is 0 Å². The van der Waals surface area contributed by atoms with E-state index in [1.54, 1.807) is 0 Å². The van der Waals surface area contributed by atoms with E-state index < -0.39 is 0 Å². The summed E-state index contributed by atoms with van der Waals surface area (Å²) in [5.74, 6) is 1.53. The number of para-hydroxylation sites is 1. The van der Waals surface area contributed by atoms with Gasteiger partial charge in [-0.3, -0.25) is 4.90 Å². The van der Waals surface area contributed by atoms with Crippen LogP contribution >= 0.6 is 0 Å². The number of ether oxygens (including phenoxy) is 1. The molecular weight excluding hydrogens is 314 g/mol. The van der Waals surface area contributed by atoms with Gasteiger partial charge in [-0.15, -0.1) is 6.58 Å². The van der Waals surface area contributed by atoms with Crippen molar-refractivity contribution in [2.45, 2.75) is 0 Å². The predicted molar refractivity (Wildman–Crippen MR) is 100 cm³/mol. The Morgan fingerprint density at radius 2 is 1.64 bits per heavy atom. The fourth-order valence-electron chi connectivity index (χ4n) is 2.75. The van der Waals surface area contributed by atoms with Gasteiger partial charge in [0.05, 0.1) is 0 Å². The van der Waals surface area contributed by atoms with Gasteiger partial charge in [0.2, 0.25) is 0 Å². The fraction of sp³-hybridized carbons (Fsp3) is 0.250. The van der Waals surface area contributed by atoms with Crippen molar-refractivity contribution < 1.29 is 9.53 Å². The third-order valence-electron chi connectivity index (χ3n) is 4.13. The Hall–Kier alpha value is -2.79. The Bertz CT molecular complexity index is 693. The zero-order valence-corrected chi connectivity index (χ0v) is 14.2. The van der Waals surface area contributed by atoms with Crippen LogP contribution in [0.3, 0.4) is 0 Å².